The van der Waals surface area contributed by atoms with Crippen LogP contribution in [0, 0.1) is 12.3 Å². The van der Waals surface area contributed by atoms with E-state index in [1.54, 1.807) is 25.5 Å². The number of benzene rings is 1. The highest BCUT2D eigenvalue weighted by molar-refractivity contribution is 7.70. The second-order valence-electron chi connectivity index (χ2n) is 3.34. The van der Waals surface area contributed by atoms with E-state index >= 15 is 0 Å². The Balaban J connectivity index is 2.80. The van der Waals surface area contributed by atoms with Crippen molar-refractivity contribution in [1.82, 2.24) is 0 Å². The first-order chi connectivity index (χ1) is 6.54. The van der Waals surface area contributed by atoms with Crippen molar-refractivity contribution in [2.75, 3.05) is 19.9 Å². The van der Waals surface area contributed by atoms with Gasteiger partial charge in [-0.15, -0.1) is 6.42 Å². The minimum Gasteiger partial charge on any atom is -0.481 e. The quantitative estimate of drug-likeness (QED) is 0.560. The molecule has 14 heavy (non-hydrogen) atoms. The lowest BCUT2D eigenvalue weighted by Crippen LogP contribution is -2.02. The monoisotopic (exact) mass is 208 g/mol. The summed E-state index contributed by atoms with van der Waals surface area (Å²) in [7, 11) is -2.16. The Kier molecular flexibility index (Phi) is 3.38. The predicted molar refractivity (Wildman–Crippen MR) is 59.9 cm³/mol. The van der Waals surface area contributed by atoms with E-state index in [1.807, 2.05) is 12.1 Å². The van der Waals surface area contributed by atoms with Gasteiger partial charge in [-0.25, -0.2) is 0 Å². The fraction of sp³-hybridized carbons (Fsp3) is 0.273. The molecule has 2 nitrogen and oxygen atoms in total. The van der Waals surface area contributed by atoms with E-state index in [2.05, 4.69) is 5.92 Å². The lowest BCUT2D eigenvalue weighted by Gasteiger charge is -2.07. The molecule has 0 atom stereocenters. The molecule has 1 aromatic carbocycles. The number of terminal acetylenes is 1. The van der Waals surface area contributed by atoms with Gasteiger partial charge in [0.15, 0.2) is 0 Å². The van der Waals surface area contributed by atoms with Crippen molar-refractivity contribution < 1.29 is 9.30 Å². The zero-order chi connectivity index (χ0) is 10.6. The van der Waals surface area contributed by atoms with Crippen LogP contribution in [0.25, 0.3) is 0 Å². The smallest absolute Gasteiger partial charge is 0.148 e. The molecule has 0 unspecified atom stereocenters. The first-order valence-electron chi connectivity index (χ1n) is 4.26. The van der Waals surface area contributed by atoms with Crippen molar-refractivity contribution in [3.63, 3.8) is 0 Å². The summed E-state index contributed by atoms with van der Waals surface area (Å²) in [5, 5.41) is 0.852. The van der Waals surface area contributed by atoms with Crippen molar-refractivity contribution >= 4 is 12.4 Å². The number of rotatable bonds is 3. The molecule has 0 aromatic heterocycles. The average molecular weight is 208 g/mol. The van der Waals surface area contributed by atoms with E-state index in [0.29, 0.717) is 5.75 Å². The fourth-order valence-corrected chi connectivity index (χ4v) is 1.89. The SMILES string of the molecule is C#CCOc1ccc(P(C)(C)=O)cc1. The third-order valence-corrected chi connectivity index (χ3v) is 3.32. The molecule has 0 N–H and O–H groups in total. The van der Waals surface area contributed by atoms with Gasteiger partial charge in [-0.3, -0.25) is 0 Å². The van der Waals surface area contributed by atoms with E-state index in [0.717, 1.165) is 5.30 Å². The van der Waals surface area contributed by atoms with Gasteiger partial charge in [0.05, 0.1) is 0 Å². The molecule has 74 valence electrons. The lowest BCUT2D eigenvalue weighted by atomic mass is 10.3. The average Bonchev–Trinajstić information content (AvgIpc) is 2.14. The Morgan fingerprint density at radius 2 is 1.93 bits per heavy atom. The molecule has 0 aliphatic heterocycles. The van der Waals surface area contributed by atoms with E-state index < -0.39 is 7.14 Å². The maximum Gasteiger partial charge on any atom is 0.148 e. The maximum atomic E-state index is 11.7. The zero-order valence-corrected chi connectivity index (χ0v) is 9.25. The molecular formula is C11H13O2P. The summed E-state index contributed by atoms with van der Waals surface area (Å²) in [6.45, 7) is 3.74. The topological polar surface area (TPSA) is 26.3 Å². The summed E-state index contributed by atoms with van der Waals surface area (Å²) < 4.78 is 16.9. The highest BCUT2D eigenvalue weighted by Crippen LogP contribution is 2.34. The van der Waals surface area contributed by atoms with Crippen molar-refractivity contribution in [1.29, 1.82) is 0 Å². The van der Waals surface area contributed by atoms with Gasteiger partial charge in [-0.1, -0.05) is 5.92 Å². The second kappa shape index (κ2) is 4.35. The lowest BCUT2D eigenvalue weighted by molar-refractivity contribution is 0.370. The molecule has 0 saturated heterocycles. The summed E-state index contributed by atoms with van der Waals surface area (Å²) in [4.78, 5) is 0. The standard InChI is InChI=1S/C11H13O2P/c1-4-9-13-10-5-7-11(8-6-10)14(2,3)12/h1,5-8H,9H2,2-3H3. The van der Waals surface area contributed by atoms with Gasteiger partial charge in [-0.05, 0) is 37.6 Å². The summed E-state index contributed by atoms with van der Waals surface area (Å²) in [5.74, 6) is 3.09. The van der Waals surface area contributed by atoms with Crippen LogP contribution < -0.4 is 10.0 Å². The van der Waals surface area contributed by atoms with Gasteiger partial charge in [0.1, 0.15) is 19.5 Å². The van der Waals surface area contributed by atoms with Gasteiger partial charge < -0.3 is 9.30 Å². The Labute approximate surface area is 84.7 Å². The molecular weight excluding hydrogens is 195 g/mol. The van der Waals surface area contributed by atoms with Crippen LogP contribution in [0.4, 0.5) is 0 Å². The van der Waals surface area contributed by atoms with Crippen LogP contribution in [0.3, 0.4) is 0 Å². The number of hydrogen-bond acceptors (Lipinski definition) is 2. The van der Waals surface area contributed by atoms with Crippen LogP contribution in [0.15, 0.2) is 24.3 Å². The molecule has 0 fully saturated rings. The third-order valence-electron chi connectivity index (χ3n) is 1.78. The van der Waals surface area contributed by atoms with Crippen LogP contribution in [0.5, 0.6) is 5.75 Å². The molecule has 0 saturated carbocycles. The third kappa shape index (κ3) is 2.94. The molecule has 0 aliphatic rings. The number of hydrogen-bond donors (Lipinski definition) is 0. The van der Waals surface area contributed by atoms with Crippen molar-refractivity contribution in [2.45, 2.75) is 0 Å². The summed E-state index contributed by atoms with van der Waals surface area (Å²) in [6.07, 6.45) is 5.06. The van der Waals surface area contributed by atoms with Gasteiger partial charge in [-0.2, -0.15) is 0 Å². The van der Waals surface area contributed by atoms with Crippen molar-refractivity contribution in [2.24, 2.45) is 0 Å². The maximum absolute atomic E-state index is 11.7. The van der Waals surface area contributed by atoms with Gasteiger partial charge in [0, 0.05) is 5.30 Å². The summed E-state index contributed by atoms with van der Waals surface area (Å²) >= 11 is 0. The molecule has 0 heterocycles. The summed E-state index contributed by atoms with van der Waals surface area (Å²) in [6, 6.07) is 7.19. The first kappa shape index (κ1) is 10.9. The van der Waals surface area contributed by atoms with E-state index in [-0.39, 0.29) is 6.61 Å². The highest BCUT2D eigenvalue weighted by atomic mass is 31.2. The van der Waals surface area contributed by atoms with Crippen molar-refractivity contribution in [3.8, 4) is 18.1 Å². The van der Waals surface area contributed by atoms with Gasteiger partial charge in [0.2, 0.25) is 0 Å². The van der Waals surface area contributed by atoms with Crippen molar-refractivity contribution in [3.05, 3.63) is 24.3 Å². The Hall–Kier alpha value is -1.19. The van der Waals surface area contributed by atoms with Crippen LogP contribution in [0.2, 0.25) is 0 Å². The van der Waals surface area contributed by atoms with Crippen LogP contribution >= 0.6 is 7.14 Å². The van der Waals surface area contributed by atoms with Crippen LogP contribution in [0.1, 0.15) is 0 Å². The van der Waals surface area contributed by atoms with E-state index in [4.69, 9.17) is 11.2 Å². The summed E-state index contributed by atoms with van der Waals surface area (Å²) in [5.41, 5.74) is 0. The fourth-order valence-electron chi connectivity index (χ4n) is 1.03. The first-order valence-corrected chi connectivity index (χ1v) is 6.86. The predicted octanol–water partition coefficient (Wildman–Crippen LogP) is 1.95. The minimum atomic E-state index is -2.16. The minimum absolute atomic E-state index is 0.259. The Morgan fingerprint density at radius 3 is 2.36 bits per heavy atom. The zero-order valence-electron chi connectivity index (χ0n) is 8.36. The molecule has 0 amide bonds. The Bertz CT molecular complexity index is 381. The second-order valence-corrected chi connectivity index (χ2v) is 6.56. The molecule has 0 radical (unpaired) electrons. The molecule has 3 heteroatoms. The molecule has 0 aliphatic carbocycles. The van der Waals surface area contributed by atoms with Gasteiger partial charge >= 0.3 is 0 Å². The normalized spacial score (nSPS) is 10.6. The van der Waals surface area contributed by atoms with Gasteiger partial charge in [0.25, 0.3) is 0 Å². The molecule has 1 aromatic rings. The Morgan fingerprint density at radius 1 is 1.36 bits per heavy atom. The van der Waals surface area contributed by atoms with E-state index in [9.17, 15) is 4.57 Å². The number of ether oxygens (including phenoxy) is 1. The largest absolute Gasteiger partial charge is 0.481 e. The molecule has 0 bridgehead atoms. The van der Waals surface area contributed by atoms with Crippen LogP contribution in [-0.4, -0.2) is 19.9 Å². The molecule has 0 spiro atoms. The molecule has 1 rings (SSSR count). The van der Waals surface area contributed by atoms with E-state index in [1.165, 1.54) is 0 Å². The highest BCUT2D eigenvalue weighted by Gasteiger charge is 2.09. The van der Waals surface area contributed by atoms with Crippen LogP contribution in [-0.2, 0) is 4.57 Å².